The van der Waals surface area contributed by atoms with E-state index in [1.54, 1.807) is 24.4 Å². The molecule has 0 saturated carbocycles. The summed E-state index contributed by atoms with van der Waals surface area (Å²) in [5.41, 5.74) is 2.41. The number of benzene rings is 2. The molecule has 1 unspecified atom stereocenters. The normalized spacial score (nSPS) is 11.8. The highest BCUT2D eigenvalue weighted by Crippen LogP contribution is 2.25. The first-order valence-electron chi connectivity index (χ1n) is 7.77. The summed E-state index contributed by atoms with van der Waals surface area (Å²) in [5, 5.41) is 4.95. The number of nitrogens with one attached hydrogen (secondary N) is 1. The van der Waals surface area contributed by atoms with Gasteiger partial charge in [0.2, 0.25) is 0 Å². The summed E-state index contributed by atoms with van der Waals surface area (Å²) >= 11 is 1.28. The lowest BCUT2D eigenvalue weighted by Gasteiger charge is -2.13. The predicted octanol–water partition coefficient (Wildman–Crippen LogP) is 4.66. The first kappa shape index (κ1) is 17.1. The van der Waals surface area contributed by atoms with E-state index in [1.165, 1.54) is 23.5 Å². The van der Waals surface area contributed by atoms with Crippen LogP contribution in [-0.4, -0.2) is 17.0 Å². The van der Waals surface area contributed by atoms with Gasteiger partial charge in [-0.05, 0) is 38.1 Å². The van der Waals surface area contributed by atoms with Crippen LogP contribution < -0.4 is 10.1 Å². The molecule has 1 aromatic heterocycles. The van der Waals surface area contributed by atoms with E-state index < -0.39 is 6.10 Å². The summed E-state index contributed by atoms with van der Waals surface area (Å²) in [6, 6.07) is 13.7. The minimum atomic E-state index is -0.663. The maximum absolute atomic E-state index is 13.3. The number of hydrogen-bond acceptors (Lipinski definition) is 4. The van der Waals surface area contributed by atoms with Gasteiger partial charge in [-0.3, -0.25) is 10.1 Å². The van der Waals surface area contributed by atoms with Crippen LogP contribution in [0.2, 0.25) is 0 Å². The first-order valence-corrected chi connectivity index (χ1v) is 8.65. The van der Waals surface area contributed by atoms with Crippen LogP contribution in [0.4, 0.5) is 9.52 Å². The van der Waals surface area contributed by atoms with E-state index >= 15 is 0 Å². The van der Waals surface area contributed by atoms with Crippen molar-refractivity contribution in [3.05, 3.63) is 65.3 Å². The number of hydrogen-bond donors (Lipinski definition) is 1. The Bertz CT molecular complexity index is 877. The largest absolute Gasteiger partial charge is 0.481 e. The number of nitrogens with zero attached hydrogens (tertiary/aromatic N) is 1. The molecule has 1 atom stereocenters. The zero-order valence-corrected chi connectivity index (χ0v) is 14.6. The van der Waals surface area contributed by atoms with Gasteiger partial charge < -0.3 is 4.74 Å². The minimum absolute atomic E-state index is 0.291. The molecule has 0 fully saturated rings. The Hall–Kier alpha value is -2.73. The third kappa shape index (κ3) is 4.42. The SMILES string of the molecule is Cc1ccc(OC(C)C(=O)Nc2nc(-c3cccc(F)c3)cs2)cc1. The van der Waals surface area contributed by atoms with E-state index in [9.17, 15) is 9.18 Å². The van der Waals surface area contributed by atoms with E-state index in [1.807, 2.05) is 31.2 Å². The molecule has 1 heterocycles. The van der Waals surface area contributed by atoms with Crippen LogP contribution in [0.1, 0.15) is 12.5 Å². The molecule has 2 aromatic carbocycles. The van der Waals surface area contributed by atoms with E-state index in [2.05, 4.69) is 10.3 Å². The average Bonchev–Trinajstić information content (AvgIpc) is 3.05. The third-order valence-corrected chi connectivity index (χ3v) is 4.32. The first-order chi connectivity index (χ1) is 12.0. The van der Waals surface area contributed by atoms with Crippen molar-refractivity contribution in [2.24, 2.45) is 0 Å². The van der Waals surface area contributed by atoms with Crippen molar-refractivity contribution in [1.29, 1.82) is 0 Å². The van der Waals surface area contributed by atoms with Crippen molar-refractivity contribution in [3.63, 3.8) is 0 Å². The molecule has 3 rings (SSSR count). The number of ether oxygens (including phenoxy) is 1. The van der Waals surface area contributed by atoms with Crippen molar-refractivity contribution in [2.75, 3.05) is 5.32 Å². The predicted molar refractivity (Wildman–Crippen MR) is 97.4 cm³/mol. The van der Waals surface area contributed by atoms with Crippen molar-refractivity contribution < 1.29 is 13.9 Å². The highest BCUT2D eigenvalue weighted by Gasteiger charge is 2.16. The maximum atomic E-state index is 13.3. The molecule has 6 heteroatoms. The second kappa shape index (κ2) is 7.44. The van der Waals surface area contributed by atoms with Gasteiger partial charge in [-0.25, -0.2) is 9.37 Å². The van der Waals surface area contributed by atoms with Crippen LogP contribution in [0.5, 0.6) is 5.75 Å². The summed E-state index contributed by atoms with van der Waals surface area (Å²) in [5.74, 6) is 0.0183. The van der Waals surface area contributed by atoms with Gasteiger partial charge in [0, 0.05) is 10.9 Å². The Morgan fingerprint density at radius 3 is 2.72 bits per heavy atom. The van der Waals surface area contributed by atoms with Crippen molar-refractivity contribution in [2.45, 2.75) is 20.0 Å². The van der Waals surface area contributed by atoms with Crippen molar-refractivity contribution in [1.82, 2.24) is 4.98 Å². The zero-order valence-electron chi connectivity index (χ0n) is 13.8. The van der Waals surface area contributed by atoms with E-state index in [0.29, 0.717) is 22.1 Å². The highest BCUT2D eigenvalue weighted by atomic mass is 32.1. The Morgan fingerprint density at radius 2 is 2.00 bits per heavy atom. The Labute approximate surface area is 149 Å². The number of thiazole rings is 1. The lowest BCUT2D eigenvalue weighted by Crippen LogP contribution is -2.30. The Morgan fingerprint density at radius 1 is 1.24 bits per heavy atom. The quantitative estimate of drug-likeness (QED) is 0.723. The fourth-order valence-corrected chi connectivity index (χ4v) is 2.92. The fourth-order valence-electron chi connectivity index (χ4n) is 2.19. The third-order valence-electron chi connectivity index (χ3n) is 3.56. The fraction of sp³-hybridized carbons (Fsp3) is 0.158. The van der Waals surface area contributed by atoms with Crippen LogP contribution in [0.15, 0.2) is 53.9 Å². The van der Waals surface area contributed by atoms with Crippen molar-refractivity contribution >= 4 is 22.4 Å². The van der Waals surface area contributed by atoms with Gasteiger partial charge in [-0.15, -0.1) is 11.3 Å². The molecule has 128 valence electrons. The lowest BCUT2D eigenvalue weighted by molar-refractivity contribution is -0.122. The highest BCUT2D eigenvalue weighted by molar-refractivity contribution is 7.14. The number of anilines is 1. The van der Waals surface area contributed by atoms with Gasteiger partial charge in [-0.2, -0.15) is 0 Å². The van der Waals surface area contributed by atoms with Gasteiger partial charge in [0.15, 0.2) is 11.2 Å². The summed E-state index contributed by atoms with van der Waals surface area (Å²) in [6.07, 6.45) is -0.663. The molecule has 0 spiro atoms. The summed E-state index contributed by atoms with van der Waals surface area (Å²) in [4.78, 5) is 16.6. The molecule has 0 aliphatic rings. The second-order valence-electron chi connectivity index (χ2n) is 5.61. The molecule has 0 radical (unpaired) electrons. The molecule has 1 N–H and O–H groups in total. The molecule has 1 amide bonds. The van der Waals surface area contributed by atoms with Gasteiger partial charge in [0.25, 0.3) is 5.91 Å². The molecule has 25 heavy (non-hydrogen) atoms. The van der Waals surface area contributed by atoms with E-state index in [-0.39, 0.29) is 11.7 Å². The van der Waals surface area contributed by atoms with Crippen LogP contribution >= 0.6 is 11.3 Å². The number of amides is 1. The van der Waals surface area contributed by atoms with Gasteiger partial charge in [-0.1, -0.05) is 29.8 Å². The van der Waals surface area contributed by atoms with Crippen LogP contribution in [0.3, 0.4) is 0 Å². The number of carbonyl (C=O) groups excluding carboxylic acids is 1. The maximum Gasteiger partial charge on any atom is 0.266 e. The molecular weight excluding hydrogens is 339 g/mol. The topological polar surface area (TPSA) is 51.2 Å². The van der Waals surface area contributed by atoms with Gasteiger partial charge in [0.05, 0.1) is 5.69 Å². The number of aromatic nitrogens is 1. The van der Waals surface area contributed by atoms with Gasteiger partial charge >= 0.3 is 0 Å². The number of halogens is 1. The van der Waals surface area contributed by atoms with E-state index in [4.69, 9.17) is 4.74 Å². The smallest absolute Gasteiger partial charge is 0.266 e. The second-order valence-corrected chi connectivity index (χ2v) is 6.47. The molecular formula is C19H17FN2O2S. The summed E-state index contributed by atoms with van der Waals surface area (Å²) in [6.45, 7) is 3.66. The molecule has 3 aromatic rings. The Balaban J connectivity index is 1.64. The zero-order chi connectivity index (χ0) is 17.8. The average molecular weight is 356 g/mol. The standard InChI is InChI=1S/C19H17FN2O2S/c1-12-6-8-16(9-7-12)24-13(2)18(23)22-19-21-17(11-25-19)14-4-3-5-15(20)10-14/h3-11,13H,1-2H3,(H,21,22,23). The lowest BCUT2D eigenvalue weighted by atomic mass is 10.2. The summed E-state index contributed by atoms with van der Waals surface area (Å²) in [7, 11) is 0. The van der Waals surface area contributed by atoms with Crippen LogP contribution in [0.25, 0.3) is 11.3 Å². The van der Waals surface area contributed by atoms with Crippen LogP contribution in [0, 0.1) is 12.7 Å². The number of carbonyl (C=O) groups is 1. The number of rotatable bonds is 5. The van der Waals surface area contributed by atoms with Gasteiger partial charge in [0.1, 0.15) is 11.6 Å². The Kier molecular flexibility index (Phi) is 5.09. The number of aryl methyl sites for hydroxylation is 1. The van der Waals surface area contributed by atoms with E-state index in [0.717, 1.165) is 5.56 Å². The molecule has 0 aliphatic carbocycles. The van der Waals surface area contributed by atoms with Crippen LogP contribution in [-0.2, 0) is 4.79 Å². The molecule has 0 saturated heterocycles. The molecule has 0 bridgehead atoms. The molecule has 4 nitrogen and oxygen atoms in total. The molecule has 0 aliphatic heterocycles. The minimum Gasteiger partial charge on any atom is -0.481 e. The van der Waals surface area contributed by atoms with Crippen molar-refractivity contribution in [3.8, 4) is 17.0 Å². The monoisotopic (exact) mass is 356 g/mol. The summed E-state index contributed by atoms with van der Waals surface area (Å²) < 4.78 is 18.9.